The quantitative estimate of drug-likeness (QED) is 0.598. The molecule has 1 atom stereocenters. The van der Waals surface area contributed by atoms with Crippen molar-refractivity contribution in [2.24, 2.45) is 5.92 Å². The largest absolute Gasteiger partial charge is 0.349 e. The Balaban J connectivity index is 2.30. The summed E-state index contributed by atoms with van der Waals surface area (Å²) in [7, 11) is 0. The first-order chi connectivity index (χ1) is 6.66. The third kappa shape index (κ3) is 2.63. The lowest BCUT2D eigenvalue weighted by molar-refractivity contribution is 0.426. The summed E-state index contributed by atoms with van der Waals surface area (Å²) in [5.74, 6) is 0.605. The van der Waals surface area contributed by atoms with Gasteiger partial charge in [-0.1, -0.05) is 46.3 Å². The van der Waals surface area contributed by atoms with Crippen molar-refractivity contribution in [1.29, 1.82) is 0 Å². The molecular formula is C13H23N. The van der Waals surface area contributed by atoms with Gasteiger partial charge in [0.25, 0.3) is 0 Å². The Morgan fingerprint density at radius 1 is 1.29 bits per heavy atom. The lowest BCUT2D eigenvalue weighted by atomic mass is 10.1. The standard InChI is InChI=1S/C13H23N/c1-5-6-7-8-9-14-12(3)10-11(2)13(14)4/h11H,3-10H2,1-2H3. The van der Waals surface area contributed by atoms with Gasteiger partial charge in [0.15, 0.2) is 0 Å². The minimum Gasteiger partial charge on any atom is -0.349 e. The molecular weight excluding hydrogens is 170 g/mol. The minimum absolute atomic E-state index is 0.605. The van der Waals surface area contributed by atoms with Crippen LogP contribution in [0.4, 0.5) is 0 Å². The fraction of sp³-hybridized carbons (Fsp3) is 0.692. The number of hydrogen-bond donors (Lipinski definition) is 0. The zero-order chi connectivity index (χ0) is 10.6. The van der Waals surface area contributed by atoms with Crippen LogP contribution in [0.25, 0.3) is 0 Å². The van der Waals surface area contributed by atoms with Crippen LogP contribution in [0.3, 0.4) is 0 Å². The first-order valence-electron chi connectivity index (χ1n) is 5.81. The van der Waals surface area contributed by atoms with Crippen LogP contribution in [0, 0.1) is 5.92 Å². The Morgan fingerprint density at radius 3 is 2.50 bits per heavy atom. The van der Waals surface area contributed by atoms with Gasteiger partial charge in [0, 0.05) is 23.9 Å². The second-order valence-electron chi connectivity index (χ2n) is 4.38. The first-order valence-corrected chi connectivity index (χ1v) is 5.81. The van der Waals surface area contributed by atoms with Gasteiger partial charge in [0.2, 0.25) is 0 Å². The van der Waals surface area contributed by atoms with Crippen LogP contribution in [0.1, 0.15) is 46.0 Å². The normalized spacial score (nSPS) is 22.1. The highest BCUT2D eigenvalue weighted by molar-refractivity contribution is 5.18. The molecule has 0 aliphatic carbocycles. The SMILES string of the molecule is C=C1CC(C)C(=C)N1CCCCCC. The zero-order valence-corrected chi connectivity index (χ0v) is 9.68. The molecule has 1 aliphatic heterocycles. The van der Waals surface area contributed by atoms with E-state index in [2.05, 4.69) is 31.9 Å². The van der Waals surface area contributed by atoms with Gasteiger partial charge in [-0.3, -0.25) is 0 Å². The van der Waals surface area contributed by atoms with E-state index in [4.69, 9.17) is 0 Å². The summed E-state index contributed by atoms with van der Waals surface area (Å²) in [5, 5.41) is 0. The molecule has 0 amide bonds. The van der Waals surface area contributed by atoms with E-state index < -0.39 is 0 Å². The van der Waals surface area contributed by atoms with Crippen molar-refractivity contribution in [3.05, 3.63) is 24.6 Å². The van der Waals surface area contributed by atoms with Crippen LogP contribution >= 0.6 is 0 Å². The van der Waals surface area contributed by atoms with E-state index in [1.165, 1.54) is 37.1 Å². The zero-order valence-electron chi connectivity index (χ0n) is 9.68. The molecule has 0 aromatic rings. The van der Waals surface area contributed by atoms with Gasteiger partial charge in [-0.05, 0) is 12.8 Å². The highest BCUT2D eigenvalue weighted by atomic mass is 15.2. The Bertz CT molecular complexity index is 217. The first kappa shape index (κ1) is 11.4. The van der Waals surface area contributed by atoms with E-state index in [9.17, 15) is 0 Å². The average molecular weight is 193 g/mol. The van der Waals surface area contributed by atoms with E-state index in [0.717, 1.165) is 13.0 Å². The molecule has 0 aromatic carbocycles. The summed E-state index contributed by atoms with van der Waals surface area (Å²) in [6, 6.07) is 0. The van der Waals surface area contributed by atoms with Crippen LogP contribution in [0.2, 0.25) is 0 Å². The Morgan fingerprint density at radius 2 is 2.00 bits per heavy atom. The van der Waals surface area contributed by atoms with Crippen LogP contribution in [0.15, 0.2) is 24.6 Å². The van der Waals surface area contributed by atoms with E-state index in [1.807, 2.05) is 0 Å². The van der Waals surface area contributed by atoms with Gasteiger partial charge in [-0.15, -0.1) is 0 Å². The molecule has 1 fully saturated rings. The smallest absolute Gasteiger partial charge is 0.0224 e. The highest BCUT2D eigenvalue weighted by Gasteiger charge is 2.24. The van der Waals surface area contributed by atoms with Crippen LogP contribution in [-0.2, 0) is 0 Å². The summed E-state index contributed by atoms with van der Waals surface area (Å²) < 4.78 is 0. The molecule has 0 saturated carbocycles. The average Bonchev–Trinajstić information content (AvgIpc) is 2.38. The molecule has 1 rings (SSSR count). The van der Waals surface area contributed by atoms with Gasteiger partial charge in [0.1, 0.15) is 0 Å². The maximum atomic E-state index is 4.13. The minimum atomic E-state index is 0.605. The lowest BCUT2D eigenvalue weighted by Gasteiger charge is -2.21. The summed E-state index contributed by atoms with van der Waals surface area (Å²) in [6.45, 7) is 13.8. The summed E-state index contributed by atoms with van der Waals surface area (Å²) >= 11 is 0. The number of unbranched alkanes of at least 4 members (excludes halogenated alkanes) is 3. The Kier molecular flexibility index (Phi) is 4.24. The van der Waals surface area contributed by atoms with Crippen LogP contribution in [0.5, 0.6) is 0 Å². The van der Waals surface area contributed by atoms with E-state index >= 15 is 0 Å². The molecule has 0 aromatic heterocycles. The third-order valence-electron chi connectivity index (χ3n) is 3.07. The number of rotatable bonds is 5. The molecule has 1 saturated heterocycles. The highest BCUT2D eigenvalue weighted by Crippen LogP contribution is 2.33. The predicted octanol–water partition coefficient (Wildman–Crippen LogP) is 3.94. The number of nitrogens with zero attached hydrogens (tertiary/aromatic N) is 1. The van der Waals surface area contributed by atoms with Crippen molar-refractivity contribution < 1.29 is 0 Å². The second kappa shape index (κ2) is 5.23. The van der Waals surface area contributed by atoms with Gasteiger partial charge in [-0.2, -0.15) is 0 Å². The maximum Gasteiger partial charge on any atom is 0.0224 e. The maximum absolute atomic E-state index is 4.13. The van der Waals surface area contributed by atoms with Crippen molar-refractivity contribution in [3.8, 4) is 0 Å². The van der Waals surface area contributed by atoms with Gasteiger partial charge in [0.05, 0.1) is 0 Å². The number of hydrogen-bond acceptors (Lipinski definition) is 1. The molecule has 1 nitrogen and oxygen atoms in total. The molecule has 1 heterocycles. The van der Waals surface area contributed by atoms with E-state index in [1.54, 1.807) is 0 Å². The van der Waals surface area contributed by atoms with Crippen molar-refractivity contribution in [2.75, 3.05) is 6.54 Å². The molecule has 80 valence electrons. The number of allylic oxidation sites excluding steroid dienone is 2. The van der Waals surface area contributed by atoms with Crippen LogP contribution in [-0.4, -0.2) is 11.4 Å². The Labute approximate surface area is 88.5 Å². The monoisotopic (exact) mass is 193 g/mol. The summed E-state index contributed by atoms with van der Waals surface area (Å²) in [5.41, 5.74) is 2.53. The molecule has 0 radical (unpaired) electrons. The molecule has 1 unspecified atom stereocenters. The van der Waals surface area contributed by atoms with Crippen molar-refractivity contribution in [3.63, 3.8) is 0 Å². The van der Waals surface area contributed by atoms with E-state index in [0.29, 0.717) is 5.92 Å². The molecule has 1 heteroatoms. The van der Waals surface area contributed by atoms with Crippen molar-refractivity contribution >= 4 is 0 Å². The van der Waals surface area contributed by atoms with Crippen molar-refractivity contribution in [2.45, 2.75) is 46.0 Å². The molecule has 0 bridgehead atoms. The molecule has 0 N–H and O–H groups in total. The number of likely N-dealkylation sites (tertiary alicyclic amines) is 1. The molecule has 14 heavy (non-hydrogen) atoms. The topological polar surface area (TPSA) is 3.24 Å². The van der Waals surface area contributed by atoms with E-state index in [-0.39, 0.29) is 0 Å². The molecule has 1 aliphatic rings. The van der Waals surface area contributed by atoms with Gasteiger partial charge < -0.3 is 4.90 Å². The predicted molar refractivity (Wildman–Crippen MR) is 62.9 cm³/mol. The fourth-order valence-electron chi connectivity index (χ4n) is 2.05. The van der Waals surface area contributed by atoms with Gasteiger partial charge in [-0.25, -0.2) is 0 Å². The Hall–Kier alpha value is -0.720. The lowest BCUT2D eigenvalue weighted by Crippen LogP contribution is -2.17. The van der Waals surface area contributed by atoms with Crippen molar-refractivity contribution in [1.82, 2.24) is 4.90 Å². The summed E-state index contributed by atoms with van der Waals surface area (Å²) in [6.07, 6.45) is 6.37. The third-order valence-corrected chi connectivity index (χ3v) is 3.07. The second-order valence-corrected chi connectivity index (χ2v) is 4.38. The fourth-order valence-corrected chi connectivity index (χ4v) is 2.05. The molecule has 0 spiro atoms. The van der Waals surface area contributed by atoms with Crippen LogP contribution < -0.4 is 0 Å². The van der Waals surface area contributed by atoms with Gasteiger partial charge >= 0.3 is 0 Å². The summed E-state index contributed by atoms with van der Waals surface area (Å²) in [4.78, 5) is 2.32.